The molecule has 2 heterocycles. The van der Waals surface area contributed by atoms with Gasteiger partial charge in [-0.05, 0) is 29.8 Å². The summed E-state index contributed by atoms with van der Waals surface area (Å²) >= 11 is 0. The number of rotatable bonds is 3. The van der Waals surface area contributed by atoms with E-state index in [1.165, 1.54) is 4.68 Å². The number of anilines is 1. The van der Waals surface area contributed by atoms with E-state index in [9.17, 15) is 9.59 Å². The third-order valence-corrected chi connectivity index (χ3v) is 6.17. The summed E-state index contributed by atoms with van der Waals surface area (Å²) in [4.78, 5) is 27.1. The second-order valence-corrected chi connectivity index (χ2v) is 7.87. The number of aromatic nitrogens is 2. The van der Waals surface area contributed by atoms with Gasteiger partial charge in [0.2, 0.25) is 0 Å². The molecule has 0 spiro atoms. The first kappa shape index (κ1) is 18.4. The molecule has 1 atom stereocenters. The van der Waals surface area contributed by atoms with Gasteiger partial charge < -0.3 is 10.1 Å². The molecule has 156 valence electrons. The molecule has 0 amide bonds. The molecule has 6 heteroatoms. The monoisotopic (exact) mass is 421 g/mol. The molecule has 0 fully saturated rings. The van der Waals surface area contributed by atoms with Gasteiger partial charge in [0.15, 0.2) is 5.78 Å². The van der Waals surface area contributed by atoms with E-state index in [0.717, 1.165) is 22.5 Å². The molecular formula is C26H19N3O3. The SMILES string of the molecule is COc1ccc([C@@H]2C3=C(Nc4[nH]n(-c5ccccc5)c(=O)c42)c2ccccc2C3=O)cc1. The van der Waals surface area contributed by atoms with Crippen molar-refractivity contribution >= 4 is 17.3 Å². The Bertz CT molecular complexity index is 1460. The van der Waals surface area contributed by atoms with Crippen molar-refractivity contribution in [1.82, 2.24) is 9.78 Å². The van der Waals surface area contributed by atoms with Gasteiger partial charge in [-0.25, -0.2) is 4.68 Å². The van der Waals surface area contributed by atoms with Crippen LogP contribution in [0.3, 0.4) is 0 Å². The van der Waals surface area contributed by atoms with Crippen molar-refractivity contribution in [2.75, 3.05) is 12.4 Å². The minimum Gasteiger partial charge on any atom is -0.497 e. The number of nitrogens with zero attached hydrogens (tertiary/aromatic N) is 1. The zero-order valence-corrected chi connectivity index (χ0v) is 17.3. The van der Waals surface area contributed by atoms with Crippen LogP contribution in [0, 0.1) is 0 Å². The van der Waals surface area contributed by atoms with Crippen molar-refractivity contribution in [2.45, 2.75) is 5.92 Å². The van der Waals surface area contributed by atoms with Gasteiger partial charge in [-0.1, -0.05) is 54.6 Å². The Labute approximate surface area is 183 Å². The van der Waals surface area contributed by atoms with Gasteiger partial charge in [0, 0.05) is 22.6 Å². The van der Waals surface area contributed by atoms with Crippen molar-refractivity contribution in [3.05, 3.63) is 117 Å². The van der Waals surface area contributed by atoms with Crippen LogP contribution in [0.25, 0.3) is 11.4 Å². The maximum atomic E-state index is 13.6. The highest BCUT2D eigenvalue weighted by molar-refractivity contribution is 6.23. The zero-order chi connectivity index (χ0) is 21.8. The molecular weight excluding hydrogens is 402 g/mol. The minimum atomic E-state index is -0.499. The first-order valence-electron chi connectivity index (χ1n) is 10.4. The van der Waals surface area contributed by atoms with Crippen LogP contribution in [0.15, 0.2) is 89.2 Å². The van der Waals surface area contributed by atoms with Gasteiger partial charge in [-0.15, -0.1) is 0 Å². The lowest BCUT2D eigenvalue weighted by molar-refractivity contribution is 0.103. The summed E-state index contributed by atoms with van der Waals surface area (Å²) in [5.74, 6) is 0.763. The van der Waals surface area contributed by atoms with Gasteiger partial charge in [0.25, 0.3) is 5.56 Å². The number of hydrogen-bond acceptors (Lipinski definition) is 4. The van der Waals surface area contributed by atoms with Crippen molar-refractivity contribution < 1.29 is 9.53 Å². The van der Waals surface area contributed by atoms with Gasteiger partial charge in [-0.3, -0.25) is 14.7 Å². The maximum absolute atomic E-state index is 13.6. The maximum Gasteiger partial charge on any atom is 0.277 e. The number of ether oxygens (including phenoxy) is 1. The van der Waals surface area contributed by atoms with Crippen LogP contribution >= 0.6 is 0 Å². The first-order chi connectivity index (χ1) is 15.7. The number of carbonyl (C=O) groups excluding carboxylic acids is 1. The Morgan fingerprint density at radius 1 is 0.844 bits per heavy atom. The van der Waals surface area contributed by atoms with E-state index in [-0.39, 0.29) is 11.3 Å². The summed E-state index contributed by atoms with van der Waals surface area (Å²) in [6.45, 7) is 0. The highest BCUT2D eigenvalue weighted by atomic mass is 16.5. The molecule has 1 aliphatic heterocycles. The third kappa shape index (κ3) is 2.53. The molecule has 0 saturated heterocycles. The van der Waals surface area contributed by atoms with E-state index in [1.807, 2.05) is 78.9 Å². The van der Waals surface area contributed by atoms with E-state index in [0.29, 0.717) is 28.3 Å². The van der Waals surface area contributed by atoms with E-state index in [4.69, 9.17) is 4.74 Å². The normalized spacial score (nSPS) is 16.3. The Morgan fingerprint density at radius 2 is 1.53 bits per heavy atom. The average Bonchev–Trinajstić information content (AvgIpc) is 3.33. The number of benzene rings is 3. The molecule has 1 aliphatic carbocycles. The summed E-state index contributed by atoms with van der Waals surface area (Å²) < 4.78 is 6.83. The standard InChI is InChI=1S/C26H19N3O3/c1-32-17-13-11-15(12-14-17)20-21-23(18-9-5-6-10-19(18)24(21)30)27-25-22(20)26(31)29(28-25)16-7-3-2-4-8-16/h2-14,20,27-28H,1H3/t20-/m1/s1. The van der Waals surface area contributed by atoms with Crippen LogP contribution < -0.4 is 15.6 Å². The van der Waals surface area contributed by atoms with E-state index >= 15 is 0 Å². The molecule has 0 unspecified atom stereocenters. The van der Waals surface area contributed by atoms with Gasteiger partial charge in [0.1, 0.15) is 11.6 Å². The van der Waals surface area contributed by atoms with E-state index < -0.39 is 5.92 Å². The van der Waals surface area contributed by atoms with Crippen LogP contribution in [0.4, 0.5) is 5.82 Å². The third-order valence-electron chi connectivity index (χ3n) is 6.17. The number of aromatic amines is 1. The molecule has 2 N–H and O–H groups in total. The van der Waals surface area contributed by atoms with Crippen molar-refractivity contribution in [2.24, 2.45) is 0 Å². The Morgan fingerprint density at radius 3 is 2.25 bits per heavy atom. The lowest BCUT2D eigenvalue weighted by atomic mass is 9.82. The van der Waals surface area contributed by atoms with Gasteiger partial charge in [-0.2, -0.15) is 0 Å². The second-order valence-electron chi connectivity index (χ2n) is 7.87. The van der Waals surface area contributed by atoms with Crippen LogP contribution in [-0.2, 0) is 0 Å². The number of fused-ring (bicyclic) bond motifs is 3. The van der Waals surface area contributed by atoms with Crippen LogP contribution in [0.1, 0.15) is 33.0 Å². The Kier molecular flexibility index (Phi) is 3.95. The molecule has 2 aliphatic rings. The summed E-state index contributed by atoms with van der Waals surface area (Å²) in [7, 11) is 1.61. The summed E-state index contributed by atoms with van der Waals surface area (Å²) in [5, 5.41) is 6.58. The fourth-order valence-corrected chi connectivity index (χ4v) is 4.68. The quantitative estimate of drug-likeness (QED) is 0.516. The van der Waals surface area contributed by atoms with Crippen LogP contribution in [0.2, 0.25) is 0 Å². The second kappa shape index (κ2) is 6.85. The lowest BCUT2D eigenvalue weighted by Gasteiger charge is -2.25. The summed E-state index contributed by atoms with van der Waals surface area (Å²) in [6, 6.07) is 24.5. The molecule has 32 heavy (non-hydrogen) atoms. The largest absolute Gasteiger partial charge is 0.497 e. The van der Waals surface area contributed by atoms with Crippen LogP contribution in [0.5, 0.6) is 5.75 Å². The highest BCUT2D eigenvalue weighted by Gasteiger charge is 2.42. The Balaban J connectivity index is 1.60. The van der Waals surface area contributed by atoms with Crippen molar-refractivity contribution in [1.29, 1.82) is 0 Å². The number of allylic oxidation sites excluding steroid dienone is 1. The van der Waals surface area contributed by atoms with Crippen molar-refractivity contribution in [3.63, 3.8) is 0 Å². The fraction of sp³-hybridized carbons (Fsp3) is 0.0769. The molecule has 0 bridgehead atoms. The van der Waals surface area contributed by atoms with Crippen LogP contribution in [-0.4, -0.2) is 22.7 Å². The number of hydrogen-bond donors (Lipinski definition) is 2. The van der Waals surface area contributed by atoms with Gasteiger partial charge in [0.05, 0.1) is 24.1 Å². The van der Waals surface area contributed by atoms with Gasteiger partial charge >= 0.3 is 0 Å². The van der Waals surface area contributed by atoms with E-state index in [1.54, 1.807) is 7.11 Å². The molecule has 0 radical (unpaired) electrons. The predicted molar refractivity (Wildman–Crippen MR) is 123 cm³/mol. The topological polar surface area (TPSA) is 76.1 Å². The molecule has 1 aromatic heterocycles. The summed E-state index contributed by atoms with van der Waals surface area (Å²) in [5.41, 5.74) is 4.78. The molecule has 0 saturated carbocycles. The lowest BCUT2D eigenvalue weighted by Crippen LogP contribution is -2.25. The van der Waals surface area contributed by atoms with E-state index in [2.05, 4.69) is 10.4 Å². The fourth-order valence-electron chi connectivity index (χ4n) is 4.68. The smallest absolute Gasteiger partial charge is 0.277 e. The number of carbonyl (C=O) groups is 1. The number of nitrogens with one attached hydrogen (secondary N) is 2. The number of H-pyrrole nitrogens is 1. The molecule has 6 nitrogen and oxygen atoms in total. The zero-order valence-electron chi connectivity index (χ0n) is 17.3. The average molecular weight is 421 g/mol. The number of para-hydroxylation sites is 1. The predicted octanol–water partition coefficient (Wildman–Crippen LogP) is 4.34. The summed E-state index contributed by atoms with van der Waals surface area (Å²) in [6.07, 6.45) is 0. The first-order valence-corrected chi connectivity index (χ1v) is 10.4. The molecule has 4 aromatic rings. The molecule has 6 rings (SSSR count). The highest BCUT2D eigenvalue weighted by Crippen LogP contribution is 2.48. The van der Waals surface area contributed by atoms with Crippen molar-refractivity contribution in [3.8, 4) is 11.4 Å². The number of methoxy groups -OCH3 is 1. The Hall–Kier alpha value is -4.32. The number of Topliss-reactive ketones (excluding diaryl/α,β-unsaturated/α-hetero) is 1. The minimum absolute atomic E-state index is 0.0542. The number of ketones is 1. The molecule has 3 aromatic carbocycles.